The second-order valence-corrected chi connectivity index (χ2v) is 8.05. The Bertz CT molecular complexity index is 1310. The van der Waals surface area contributed by atoms with Crippen molar-refractivity contribution in [2.75, 3.05) is 4.72 Å². The van der Waals surface area contributed by atoms with Crippen LogP contribution in [0.2, 0.25) is 5.02 Å². The summed E-state index contributed by atoms with van der Waals surface area (Å²) < 4.78 is 31.5. The number of fused-ring (bicyclic) bond motifs is 1. The summed E-state index contributed by atoms with van der Waals surface area (Å²) in [5.74, 6) is 0. The third-order valence-electron chi connectivity index (χ3n) is 4.05. The number of hydrogen-bond acceptors (Lipinski definition) is 6. The molecular formula is C17H14ClN7O2S. The summed E-state index contributed by atoms with van der Waals surface area (Å²) >= 11 is 5.98. The number of anilines is 1. The van der Waals surface area contributed by atoms with Crippen LogP contribution in [0, 0.1) is 5.41 Å². The minimum Gasteiger partial charge on any atom is -0.306 e. The lowest BCUT2D eigenvalue weighted by atomic mass is 10.1. The van der Waals surface area contributed by atoms with Crippen LogP contribution in [0.15, 0.2) is 54.2 Å². The van der Waals surface area contributed by atoms with Gasteiger partial charge in [-0.05, 0) is 18.2 Å². The Kier molecular flexibility index (Phi) is 4.36. The molecule has 4 aromatic heterocycles. The number of sulfonamides is 1. The largest absolute Gasteiger partial charge is 0.306 e. The predicted octanol–water partition coefficient (Wildman–Crippen LogP) is 2.58. The number of pyridine rings is 2. The maximum atomic E-state index is 13.0. The normalized spacial score (nSPS) is 11.6. The zero-order valence-corrected chi connectivity index (χ0v) is 16.1. The summed E-state index contributed by atoms with van der Waals surface area (Å²) in [6.45, 7) is 0. The lowest BCUT2D eigenvalue weighted by molar-refractivity contribution is 0.596. The number of imidazole rings is 1. The Balaban J connectivity index is 1.78. The monoisotopic (exact) mass is 415 g/mol. The quantitative estimate of drug-likeness (QED) is 0.485. The van der Waals surface area contributed by atoms with E-state index in [9.17, 15) is 8.42 Å². The number of halogens is 1. The van der Waals surface area contributed by atoms with Crippen LogP contribution in [-0.4, -0.2) is 38.8 Å². The van der Waals surface area contributed by atoms with E-state index < -0.39 is 10.0 Å². The fourth-order valence-corrected chi connectivity index (χ4v) is 4.04. The molecule has 9 nitrogen and oxygen atoms in total. The van der Waals surface area contributed by atoms with E-state index in [2.05, 4.69) is 19.8 Å². The molecule has 0 amide bonds. The van der Waals surface area contributed by atoms with Gasteiger partial charge in [0.2, 0.25) is 0 Å². The smallest absolute Gasteiger partial charge is 0.279 e. The van der Waals surface area contributed by atoms with Crippen molar-refractivity contribution in [1.82, 2.24) is 24.1 Å². The van der Waals surface area contributed by atoms with Crippen molar-refractivity contribution < 1.29 is 8.42 Å². The lowest BCUT2D eigenvalue weighted by Crippen LogP contribution is -2.16. The van der Waals surface area contributed by atoms with E-state index in [-0.39, 0.29) is 16.4 Å². The molecule has 0 bridgehead atoms. The van der Waals surface area contributed by atoms with Gasteiger partial charge >= 0.3 is 0 Å². The highest BCUT2D eigenvalue weighted by Gasteiger charge is 2.21. The molecule has 0 unspecified atom stereocenters. The topological polar surface area (TPSA) is 118 Å². The highest BCUT2D eigenvalue weighted by atomic mass is 35.5. The number of aromatic nitrogens is 5. The first-order valence-corrected chi connectivity index (χ1v) is 9.88. The molecule has 4 aromatic rings. The molecule has 4 heterocycles. The van der Waals surface area contributed by atoms with Crippen LogP contribution in [0.1, 0.15) is 5.69 Å². The Morgan fingerprint density at radius 2 is 1.96 bits per heavy atom. The van der Waals surface area contributed by atoms with Gasteiger partial charge in [0.15, 0.2) is 5.03 Å². The van der Waals surface area contributed by atoms with Crippen molar-refractivity contribution in [3.05, 3.63) is 59.9 Å². The van der Waals surface area contributed by atoms with Crippen LogP contribution in [0.3, 0.4) is 0 Å². The Labute approximate surface area is 165 Å². The third-order valence-corrected chi connectivity index (χ3v) is 5.61. The standard InChI is InChI=1S/C17H14ClN7O2S/c1-24-9-12(7-22-24)11-4-14(15(5-19)20-6-11)23-28(26,27)17-8-21-16-3-2-13(18)10-25(16)17/h2-10,19,23H,1H3. The Morgan fingerprint density at radius 1 is 1.14 bits per heavy atom. The van der Waals surface area contributed by atoms with Crippen LogP contribution in [-0.2, 0) is 17.1 Å². The van der Waals surface area contributed by atoms with Gasteiger partial charge in [0.1, 0.15) is 11.3 Å². The molecule has 0 aromatic carbocycles. The van der Waals surface area contributed by atoms with E-state index >= 15 is 0 Å². The molecule has 0 aliphatic carbocycles. The molecule has 11 heteroatoms. The van der Waals surface area contributed by atoms with Crippen molar-refractivity contribution in [2.24, 2.45) is 7.05 Å². The highest BCUT2D eigenvalue weighted by Crippen LogP contribution is 2.25. The van der Waals surface area contributed by atoms with Crippen LogP contribution in [0.4, 0.5) is 5.69 Å². The average molecular weight is 416 g/mol. The number of aryl methyl sites for hydroxylation is 1. The van der Waals surface area contributed by atoms with E-state index in [1.807, 2.05) is 0 Å². The summed E-state index contributed by atoms with van der Waals surface area (Å²) in [6, 6.07) is 4.86. The van der Waals surface area contributed by atoms with Gasteiger partial charge in [0, 0.05) is 43.0 Å². The van der Waals surface area contributed by atoms with E-state index in [0.29, 0.717) is 16.2 Å². The number of nitrogens with zero attached hydrogens (tertiary/aromatic N) is 5. The molecule has 0 saturated heterocycles. The maximum absolute atomic E-state index is 13.0. The first-order valence-electron chi connectivity index (χ1n) is 8.02. The number of hydrogen-bond donors (Lipinski definition) is 2. The van der Waals surface area contributed by atoms with Crippen LogP contribution < -0.4 is 4.72 Å². The summed E-state index contributed by atoms with van der Waals surface area (Å²) in [7, 11) is -2.23. The zero-order valence-electron chi connectivity index (χ0n) is 14.5. The molecule has 0 radical (unpaired) electrons. The molecule has 0 spiro atoms. The van der Waals surface area contributed by atoms with Gasteiger partial charge in [-0.15, -0.1) is 0 Å². The van der Waals surface area contributed by atoms with Crippen LogP contribution in [0.25, 0.3) is 16.8 Å². The lowest BCUT2D eigenvalue weighted by Gasteiger charge is -2.11. The Hall–Kier alpha value is -3.24. The maximum Gasteiger partial charge on any atom is 0.279 e. The molecule has 142 valence electrons. The van der Waals surface area contributed by atoms with Crippen molar-refractivity contribution in [1.29, 1.82) is 5.41 Å². The summed E-state index contributed by atoms with van der Waals surface area (Å²) in [5.41, 5.74) is 2.24. The van der Waals surface area contributed by atoms with Gasteiger partial charge in [-0.2, -0.15) is 13.5 Å². The van der Waals surface area contributed by atoms with Gasteiger partial charge in [0.25, 0.3) is 10.0 Å². The summed E-state index contributed by atoms with van der Waals surface area (Å²) in [6.07, 6.45) is 8.69. The van der Waals surface area contributed by atoms with E-state index in [0.717, 1.165) is 11.8 Å². The molecule has 0 atom stereocenters. The highest BCUT2D eigenvalue weighted by molar-refractivity contribution is 7.92. The minimum atomic E-state index is -4.01. The second-order valence-electron chi connectivity index (χ2n) is 5.98. The van der Waals surface area contributed by atoms with E-state index in [1.165, 1.54) is 16.8 Å². The van der Waals surface area contributed by atoms with Crippen molar-refractivity contribution in [2.45, 2.75) is 5.03 Å². The van der Waals surface area contributed by atoms with Gasteiger partial charge in [-0.3, -0.25) is 18.8 Å². The molecule has 0 saturated carbocycles. The molecule has 0 aliphatic rings. The molecule has 0 fully saturated rings. The van der Waals surface area contributed by atoms with Gasteiger partial charge in [0.05, 0.1) is 23.1 Å². The molecule has 4 rings (SSSR count). The van der Waals surface area contributed by atoms with Crippen molar-refractivity contribution in [3.8, 4) is 11.1 Å². The SMILES string of the molecule is Cn1cc(-c2cnc(C=N)c(NS(=O)(=O)c3cnc4ccc(Cl)cn34)c2)cn1. The molecule has 2 N–H and O–H groups in total. The third kappa shape index (κ3) is 3.23. The summed E-state index contributed by atoms with van der Waals surface area (Å²) in [5, 5.41) is 11.9. The average Bonchev–Trinajstić information content (AvgIpc) is 3.27. The fraction of sp³-hybridized carbons (Fsp3) is 0.0588. The summed E-state index contributed by atoms with van der Waals surface area (Å²) in [4.78, 5) is 8.27. The van der Waals surface area contributed by atoms with Gasteiger partial charge in [-0.25, -0.2) is 4.98 Å². The predicted molar refractivity (Wildman–Crippen MR) is 105 cm³/mol. The first-order chi connectivity index (χ1) is 13.4. The van der Waals surface area contributed by atoms with Crippen molar-refractivity contribution >= 4 is 39.2 Å². The van der Waals surface area contributed by atoms with Crippen LogP contribution in [0.5, 0.6) is 0 Å². The van der Waals surface area contributed by atoms with Crippen LogP contribution >= 0.6 is 11.6 Å². The van der Waals surface area contributed by atoms with Gasteiger partial charge < -0.3 is 5.41 Å². The first kappa shape index (κ1) is 18.1. The van der Waals surface area contributed by atoms with Crippen molar-refractivity contribution in [3.63, 3.8) is 0 Å². The van der Waals surface area contributed by atoms with Gasteiger partial charge in [-0.1, -0.05) is 11.6 Å². The fourth-order valence-electron chi connectivity index (χ4n) is 2.73. The van der Waals surface area contributed by atoms with E-state index in [1.54, 1.807) is 48.5 Å². The number of rotatable bonds is 5. The molecule has 0 aliphatic heterocycles. The number of nitrogens with one attached hydrogen (secondary N) is 2. The molecule has 28 heavy (non-hydrogen) atoms. The minimum absolute atomic E-state index is 0.0762. The zero-order chi connectivity index (χ0) is 19.9. The van der Waals surface area contributed by atoms with E-state index in [4.69, 9.17) is 17.0 Å². The molecular weight excluding hydrogens is 402 g/mol. The second kappa shape index (κ2) is 6.73. The Morgan fingerprint density at radius 3 is 2.68 bits per heavy atom.